The summed E-state index contributed by atoms with van der Waals surface area (Å²) in [6.45, 7) is 1.60. The van der Waals surface area contributed by atoms with E-state index in [-0.39, 0.29) is 17.9 Å². The summed E-state index contributed by atoms with van der Waals surface area (Å²) in [7, 11) is 0. The van der Waals surface area contributed by atoms with Crippen LogP contribution < -0.4 is 5.32 Å². The second-order valence-electron chi connectivity index (χ2n) is 4.38. The zero-order valence-electron chi connectivity index (χ0n) is 9.27. The number of hydrogen-bond acceptors (Lipinski definition) is 2. The molecule has 0 saturated carbocycles. The predicted octanol–water partition coefficient (Wildman–Crippen LogP) is 2.35. The highest BCUT2D eigenvalue weighted by atomic mass is 19.2. The van der Waals surface area contributed by atoms with E-state index in [1.165, 1.54) is 0 Å². The monoisotopic (exact) mass is 245 g/mol. The van der Waals surface area contributed by atoms with E-state index in [9.17, 15) is 13.2 Å². The van der Waals surface area contributed by atoms with Crippen molar-refractivity contribution in [1.82, 2.24) is 5.32 Å². The third-order valence-corrected chi connectivity index (χ3v) is 3.18. The molecule has 2 nitrogen and oxygen atoms in total. The predicted molar refractivity (Wildman–Crippen MR) is 57.3 cm³/mol. The number of benzene rings is 1. The minimum atomic E-state index is -1.20. The van der Waals surface area contributed by atoms with E-state index in [2.05, 4.69) is 5.32 Å². The Hall–Kier alpha value is -1.23. The Balaban J connectivity index is 2.24. The molecule has 94 valence electrons. The summed E-state index contributed by atoms with van der Waals surface area (Å²) in [5, 5.41) is 12.3. The summed E-state index contributed by atoms with van der Waals surface area (Å²) < 4.78 is 40.0. The SMILES string of the molecule is Oc1cc(F)c(F)c(CC2CCNCC2)c1F. The highest BCUT2D eigenvalue weighted by Gasteiger charge is 2.22. The topological polar surface area (TPSA) is 32.3 Å². The van der Waals surface area contributed by atoms with E-state index in [0.717, 1.165) is 25.9 Å². The zero-order chi connectivity index (χ0) is 12.4. The van der Waals surface area contributed by atoms with Crippen LogP contribution in [0.5, 0.6) is 5.75 Å². The molecule has 1 heterocycles. The first-order valence-corrected chi connectivity index (χ1v) is 5.65. The number of aromatic hydroxyl groups is 1. The molecule has 2 N–H and O–H groups in total. The van der Waals surface area contributed by atoms with Gasteiger partial charge in [0.1, 0.15) is 0 Å². The number of rotatable bonds is 2. The second-order valence-corrected chi connectivity index (χ2v) is 4.38. The molecule has 0 aromatic heterocycles. The van der Waals surface area contributed by atoms with Crippen molar-refractivity contribution in [2.45, 2.75) is 19.3 Å². The summed E-state index contributed by atoms with van der Waals surface area (Å²) in [5.41, 5.74) is -0.339. The molecular formula is C12H14F3NO. The quantitative estimate of drug-likeness (QED) is 0.784. The Bertz CT molecular complexity index is 390. The third kappa shape index (κ3) is 2.54. The van der Waals surface area contributed by atoms with Gasteiger partial charge in [-0.15, -0.1) is 0 Å². The molecule has 1 aromatic rings. The Morgan fingerprint density at radius 3 is 2.47 bits per heavy atom. The van der Waals surface area contributed by atoms with Gasteiger partial charge in [0.05, 0.1) is 0 Å². The van der Waals surface area contributed by atoms with Crippen LogP contribution in [-0.4, -0.2) is 18.2 Å². The van der Waals surface area contributed by atoms with E-state index < -0.39 is 23.2 Å². The molecule has 0 aliphatic carbocycles. The van der Waals surface area contributed by atoms with Crippen LogP contribution in [0, 0.1) is 23.4 Å². The first kappa shape index (κ1) is 12.2. The number of piperidine rings is 1. The van der Waals surface area contributed by atoms with Crippen molar-refractivity contribution in [3.8, 4) is 5.75 Å². The average molecular weight is 245 g/mol. The van der Waals surface area contributed by atoms with Gasteiger partial charge < -0.3 is 10.4 Å². The number of hydrogen-bond donors (Lipinski definition) is 2. The maximum absolute atomic E-state index is 13.5. The fourth-order valence-electron chi connectivity index (χ4n) is 2.20. The maximum Gasteiger partial charge on any atom is 0.171 e. The average Bonchev–Trinajstić information content (AvgIpc) is 2.33. The van der Waals surface area contributed by atoms with Gasteiger partial charge in [-0.2, -0.15) is 0 Å². The van der Waals surface area contributed by atoms with E-state index >= 15 is 0 Å². The lowest BCUT2D eigenvalue weighted by molar-refractivity contribution is 0.352. The molecule has 2 rings (SSSR count). The smallest absolute Gasteiger partial charge is 0.171 e. The molecule has 1 fully saturated rings. The van der Waals surface area contributed by atoms with Gasteiger partial charge in [-0.3, -0.25) is 0 Å². The minimum absolute atomic E-state index is 0.126. The maximum atomic E-state index is 13.5. The number of phenols is 1. The van der Waals surface area contributed by atoms with Crippen molar-refractivity contribution in [3.05, 3.63) is 29.1 Å². The van der Waals surface area contributed by atoms with E-state index in [1.807, 2.05) is 0 Å². The normalized spacial score (nSPS) is 17.4. The first-order chi connectivity index (χ1) is 8.09. The molecule has 0 bridgehead atoms. The molecular weight excluding hydrogens is 231 g/mol. The van der Waals surface area contributed by atoms with Gasteiger partial charge in [0.25, 0.3) is 0 Å². The van der Waals surface area contributed by atoms with Gasteiger partial charge in [-0.1, -0.05) is 0 Å². The fraction of sp³-hybridized carbons (Fsp3) is 0.500. The number of phenolic OH excluding ortho intramolecular Hbond substituents is 1. The summed E-state index contributed by atoms with van der Waals surface area (Å²) in [4.78, 5) is 0. The van der Waals surface area contributed by atoms with Crippen molar-refractivity contribution in [2.75, 3.05) is 13.1 Å². The minimum Gasteiger partial charge on any atom is -0.505 e. The molecule has 0 spiro atoms. The van der Waals surface area contributed by atoms with Crippen LogP contribution in [0.25, 0.3) is 0 Å². The van der Waals surface area contributed by atoms with Crippen molar-refractivity contribution in [2.24, 2.45) is 5.92 Å². The van der Waals surface area contributed by atoms with Gasteiger partial charge >= 0.3 is 0 Å². The van der Waals surface area contributed by atoms with Crippen molar-refractivity contribution in [1.29, 1.82) is 0 Å². The lowest BCUT2D eigenvalue weighted by Gasteiger charge is -2.23. The fourth-order valence-corrected chi connectivity index (χ4v) is 2.20. The van der Waals surface area contributed by atoms with Crippen LogP contribution >= 0.6 is 0 Å². The molecule has 1 aromatic carbocycles. The lowest BCUT2D eigenvalue weighted by Crippen LogP contribution is -2.29. The summed E-state index contributed by atoms with van der Waals surface area (Å²) in [6.07, 6.45) is 1.73. The second kappa shape index (κ2) is 4.96. The molecule has 0 radical (unpaired) electrons. The standard InChI is InChI=1S/C12H14F3NO/c13-9-6-10(17)12(15)8(11(9)14)5-7-1-3-16-4-2-7/h6-7,16-17H,1-5H2. The Morgan fingerprint density at radius 2 is 1.82 bits per heavy atom. The van der Waals surface area contributed by atoms with Crippen molar-refractivity contribution >= 4 is 0 Å². The molecule has 1 aliphatic rings. The van der Waals surface area contributed by atoms with Gasteiger partial charge in [-0.25, -0.2) is 13.2 Å². The van der Waals surface area contributed by atoms with Crippen LogP contribution in [0.3, 0.4) is 0 Å². The summed E-state index contributed by atoms with van der Waals surface area (Å²) in [6, 6.07) is 0.469. The van der Waals surface area contributed by atoms with E-state index in [1.54, 1.807) is 0 Å². The molecule has 0 unspecified atom stereocenters. The van der Waals surface area contributed by atoms with Crippen LogP contribution in [0.1, 0.15) is 18.4 Å². The van der Waals surface area contributed by atoms with Crippen molar-refractivity contribution < 1.29 is 18.3 Å². The largest absolute Gasteiger partial charge is 0.505 e. The first-order valence-electron chi connectivity index (χ1n) is 5.65. The number of nitrogens with one attached hydrogen (secondary N) is 1. The third-order valence-electron chi connectivity index (χ3n) is 3.18. The van der Waals surface area contributed by atoms with Crippen LogP contribution in [0.4, 0.5) is 13.2 Å². The zero-order valence-corrected chi connectivity index (χ0v) is 9.27. The Morgan fingerprint density at radius 1 is 1.18 bits per heavy atom. The summed E-state index contributed by atoms with van der Waals surface area (Å²) >= 11 is 0. The Kier molecular flexibility index (Phi) is 3.57. The molecule has 0 atom stereocenters. The van der Waals surface area contributed by atoms with E-state index in [4.69, 9.17) is 5.11 Å². The molecule has 1 saturated heterocycles. The van der Waals surface area contributed by atoms with Gasteiger partial charge in [0, 0.05) is 11.6 Å². The van der Waals surface area contributed by atoms with Crippen LogP contribution in [0.2, 0.25) is 0 Å². The van der Waals surface area contributed by atoms with E-state index in [0.29, 0.717) is 6.07 Å². The molecule has 0 amide bonds. The molecule has 17 heavy (non-hydrogen) atoms. The number of halogens is 3. The van der Waals surface area contributed by atoms with Gasteiger partial charge in [0.2, 0.25) is 0 Å². The highest BCUT2D eigenvalue weighted by molar-refractivity contribution is 5.32. The molecule has 1 aliphatic heterocycles. The molecule has 5 heteroatoms. The van der Waals surface area contributed by atoms with Crippen LogP contribution in [0.15, 0.2) is 6.07 Å². The van der Waals surface area contributed by atoms with Gasteiger partial charge in [0.15, 0.2) is 23.2 Å². The summed E-state index contributed by atoms with van der Waals surface area (Å²) in [5.74, 6) is -4.12. The Labute approximate surface area is 97.5 Å². The highest BCUT2D eigenvalue weighted by Crippen LogP contribution is 2.28. The van der Waals surface area contributed by atoms with Crippen molar-refractivity contribution in [3.63, 3.8) is 0 Å². The van der Waals surface area contributed by atoms with Crippen LogP contribution in [-0.2, 0) is 6.42 Å². The van der Waals surface area contributed by atoms with Gasteiger partial charge in [-0.05, 0) is 38.3 Å². The lowest BCUT2D eigenvalue weighted by atomic mass is 9.90.